The van der Waals surface area contributed by atoms with Gasteiger partial charge in [0.15, 0.2) is 0 Å². The molecule has 0 N–H and O–H groups in total. The number of ether oxygens (including phenoxy) is 1. The molecule has 7 heteroatoms. The summed E-state index contributed by atoms with van der Waals surface area (Å²) >= 11 is 0. The molecule has 2 heterocycles. The minimum Gasteiger partial charge on any atom is -0.461 e. The maximum Gasteiger partial charge on any atom is 0.354 e. The van der Waals surface area contributed by atoms with E-state index in [-0.39, 0.29) is 12.6 Å². The van der Waals surface area contributed by atoms with Crippen molar-refractivity contribution < 1.29 is 13.5 Å². The van der Waals surface area contributed by atoms with E-state index >= 15 is 0 Å². The van der Waals surface area contributed by atoms with Crippen LogP contribution in [0.25, 0.3) is 5.69 Å². The molecule has 0 amide bonds. The molecule has 1 aromatic heterocycles. The summed E-state index contributed by atoms with van der Waals surface area (Å²) in [5.41, 5.74) is 0.501. The highest BCUT2D eigenvalue weighted by Crippen LogP contribution is 2.29. The molecule has 116 valence electrons. The lowest BCUT2D eigenvalue weighted by molar-refractivity contribution is 0.324. The molecule has 0 aliphatic carbocycles. The average Bonchev–Trinajstić information content (AvgIpc) is 3.08. The second-order valence-electron chi connectivity index (χ2n) is 5.21. The van der Waals surface area contributed by atoms with Gasteiger partial charge in [0.2, 0.25) is 0 Å². The Hall–Kier alpha value is -2.96. The van der Waals surface area contributed by atoms with E-state index in [0.717, 1.165) is 6.07 Å². The van der Waals surface area contributed by atoms with Crippen molar-refractivity contribution in [2.45, 2.75) is 6.04 Å². The van der Waals surface area contributed by atoms with Crippen molar-refractivity contribution in [3.05, 3.63) is 76.2 Å². The van der Waals surface area contributed by atoms with Crippen LogP contribution >= 0.6 is 0 Å². The smallest absolute Gasteiger partial charge is 0.354 e. The molecule has 0 bridgehead atoms. The number of para-hydroxylation sites is 1. The molecule has 0 radical (unpaired) electrons. The Labute approximate surface area is 129 Å². The van der Waals surface area contributed by atoms with E-state index in [2.05, 4.69) is 5.10 Å². The van der Waals surface area contributed by atoms with Gasteiger partial charge in [-0.1, -0.05) is 18.2 Å². The fourth-order valence-corrected chi connectivity index (χ4v) is 2.70. The Balaban J connectivity index is 1.83. The van der Waals surface area contributed by atoms with Crippen LogP contribution in [0.3, 0.4) is 0 Å². The van der Waals surface area contributed by atoms with Crippen molar-refractivity contribution in [1.82, 2.24) is 14.3 Å². The highest BCUT2D eigenvalue weighted by atomic mass is 19.1. The molecule has 1 aliphatic heterocycles. The van der Waals surface area contributed by atoms with Crippen LogP contribution in [-0.2, 0) is 0 Å². The highest BCUT2D eigenvalue weighted by molar-refractivity contribution is 5.31. The molecule has 23 heavy (non-hydrogen) atoms. The van der Waals surface area contributed by atoms with E-state index in [9.17, 15) is 13.6 Å². The first-order chi connectivity index (χ1) is 11.1. The minimum atomic E-state index is -0.697. The SMILES string of the molecule is O=c1n(-c2ccccc2)nc2n1[C@H](c1cc(F)cc(F)c1)CO2. The second kappa shape index (κ2) is 5.05. The third-order valence-electron chi connectivity index (χ3n) is 3.73. The van der Waals surface area contributed by atoms with Gasteiger partial charge in [0.05, 0.1) is 5.69 Å². The Morgan fingerprint density at radius 1 is 1.09 bits per heavy atom. The summed E-state index contributed by atoms with van der Waals surface area (Å²) in [6.45, 7) is 0.107. The molecule has 5 nitrogen and oxygen atoms in total. The van der Waals surface area contributed by atoms with Gasteiger partial charge in [-0.25, -0.2) is 18.1 Å². The molecule has 0 spiro atoms. The Morgan fingerprint density at radius 3 is 2.48 bits per heavy atom. The number of nitrogens with zero attached hydrogens (tertiary/aromatic N) is 3. The maximum atomic E-state index is 13.4. The topological polar surface area (TPSA) is 49.0 Å². The lowest BCUT2D eigenvalue weighted by Crippen LogP contribution is -2.27. The molecule has 2 aromatic carbocycles. The van der Waals surface area contributed by atoms with Crippen LogP contribution < -0.4 is 10.4 Å². The molecule has 0 unspecified atom stereocenters. The van der Waals surface area contributed by atoms with Crippen molar-refractivity contribution >= 4 is 0 Å². The van der Waals surface area contributed by atoms with Crippen molar-refractivity contribution in [2.75, 3.05) is 6.61 Å². The molecule has 0 saturated heterocycles. The van der Waals surface area contributed by atoms with Crippen LogP contribution in [0.1, 0.15) is 11.6 Å². The highest BCUT2D eigenvalue weighted by Gasteiger charge is 2.31. The van der Waals surface area contributed by atoms with Crippen LogP contribution in [0.15, 0.2) is 53.3 Å². The minimum absolute atomic E-state index is 0.107. The Kier molecular flexibility index (Phi) is 3.00. The largest absolute Gasteiger partial charge is 0.461 e. The maximum absolute atomic E-state index is 13.4. The molecule has 1 atom stereocenters. The molecular formula is C16H11F2N3O2. The first-order valence-corrected chi connectivity index (χ1v) is 6.99. The number of hydrogen-bond donors (Lipinski definition) is 0. The van der Waals surface area contributed by atoms with Gasteiger partial charge < -0.3 is 4.74 Å². The monoisotopic (exact) mass is 315 g/mol. The van der Waals surface area contributed by atoms with E-state index in [0.29, 0.717) is 11.3 Å². The van der Waals surface area contributed by atoms with Crippen molar-refractivity contribution in [3.63, 3.8) is 0 Å². The zero-order valence-corrected chi connectivity index (χ0v) is 11.8. The van der Waals surface area contributed by atoms with Crippen LogP contribution in [0.5, 0.6) is 6.01 Å². The van der Waals surface area contributed by atoms with E-state index in [1.165, 1.54) is 21.4 Å². The summed E-state index contributed by atoms with van der Waals surface area (Å²) in [6.07, 6.45) is 0. The third-order valence-corrected chi connectivity index (χ3v) is 3.73. The van der Waals surface area contributed by atoms with E-state index in [1.54, 1.807) is 24.3 Å². The predicted molar refractivity (Wildman–Crippen MR) is 77.8 cm³/mol. The first-order valence-electron chi connectivity index (χ1n) is 6.99. The van der Waals surface area contributed by atoms with Gasteiger partial charge in [-0.15, -0.1) is 5.10 Å². The molecule has 1 aliphatic rings. The molecule has 3 aromatic rings. The van der Waals surface area contributed by atoms with Crippen LogP contribution in [-0.4, -0.2) is 21.0 Å². The van der Waals surface area contributed by atoms with Gasteiger partial charge in [-0.3, -0.25) is 0 Å². The quantitative estimate of drug-likeness (QED) is 0.729. The molecule has 0 saturated carbocycles. The lowest BCUT2D eigenvalue weighted by Gasteiger charge is -2.10. The number of hydrogen-bond acceptors (Lipinski definition) is 3. The van der Waals surface area contributed by atoms with Crippen LogP contribution in [0.4, 0.5) is 8.78 Å². The van der Waals surface area contributed by atoms with E-state index < -0.39 is 23.4 Å². The summed E-state index contributed by atoms with van der Waals surface area (Å²) in [6, 6.07) is 11.6. The third kappa shape index (κ3) is 2.21. The molecular weight excluding hydrogens is 304 g/mol. The average molecular weight is 315 g/mol. The fraction of sp³-hybridized carbons (Fsp3) is 0.125. The van der Waals surface area contributed by atoms with Crippen molar-refractivity contribution in [1.29, 1.82) is 0 Å². The van der Waals surface area contributed by atoms with E-state index in [4.69, 9.17) is 4.74 Å². The second-order valence-corrected chi connectivity index (χ2v) is 5.21. The predicted octanol–water partition coefficient (Wildman–Crippen LogP) is 2.29. The standard InChI is InChI=1S/C16H11F2N3O2/c17-11-6-10(7-12(18)8-11)14-9-23-15-19-21(16(22)20(14)15)13-4-2-1-3-5-13/h1-8,14H,9H2/t14-/m0/s1. The van der Waals surface area contributed by atoms with E-state index in [1.807, 2.05) is 6.07 Å². The zero-order valence-electron chi connectivity index (χ0n) is 11.8. The Morgan fingerprint density at radius 2 is 1.78 bits per heavy atom. The number of halogens is 2. The summed E-state index contributed by atoms with van der Waals surface area (Å²) in [5, 5.41) is 4.14. The van der Waals surface area contributed by atoms with Gasteiger partial charge in [0, 0.05) is 6.07 Å². The van der Waals surface area contributed by atoms with Crippen molar-refractivity contribution in [3.8, 4) is 11.7 Å². The van der Waals surface area contributed by atoms with Gasteiger partial charge in [0.25, 0.3) is 0 Å². The van der Waals surface area contributed by atoms with Crippen LogP contribution in [0.2, 0.25) is 0 Å². The normalized spacial score (nSPS) is 16.2. The molecule has 0 fully saturated rings. The number of rotatable bonds is 2. The first kappa shape index (κ1) is 13.7. The molecule has 4 rings (SSSR count). The van der Waals surface area contributed by atoms with Crippen LogP contribution in [0, 0.1) is 11.6 Å². The van der Waals surface area contributed by atoms with Gasteiger partial charge >= 0.3 is 11.7 Å². The number of fused-ring (bicyclic) bond motifs is 1. The summed E-state index contributed by atoms with van der Waals surface area (Å²) in [5.74, 6) is -1.39. The van der Waals surface area contributed by atoms with Gasteiger partial charge in [-0.2, -0.15) is 4.68 Å². The number of aromatic nitrogens is 3. The summed E-state index contributed by atoms with van der Waals surface area (Å²) in [4.78, 5) is 12.6. The summed E-state index contributed by atoms with van der Waals surface area (Å²) < 4.78 is 34.8. The van der Waals surface area contributed by atoms with Crippen molar-refractivity contribution in [2.24, 2.45) is 0 Å². The van der Waals surface area contributed by atoms with Gasteiger partial charge in [0.1, 0.15) is 24.3 Å². The zero-order chi connectivity index (χ0) is 16.0. The lowest BCUT2D eigenvalue weighted by atomic mass is 10.1. The summed E-state index contributed by atoms with van der Waals surface area (Å²) in [7, 11) is 0. The van der Waals surface area contributed by atoms with Gasteiger partial charge in [-0.05, 0) is 29.8 Å². The number of benzene rings is 2. The Bertz CT molecular complexity index is 914. The fourth-order valence-electron chi connectivity index (χ4n) is 2.70.